The Morgan fingerprint density at radius 2 is 1.95 bits per heavy atom. The van der Waals surface area contributed by atoms with Crippen molar-refractivity contribution >= 4 is 11.9 Å². The van der Waals surface area contributed by atoms with Gasteiger partial charge in [-0.05, 0) is 43.9 Å². The van der Waals surface area contributed by atoms with Gasteiger partial charge >= 0.3 is 5.97 Å². The van der Waals surface area contributed by atoms with E-state index in [4.69, 9.17) is 9.84 Å². The first-order valence-corrected chi connectivity index (χ1v) is 7.17. The summed E-state index contributed by atoms with van der Waals surface area (Å²) in [5.74, 6) is -0.124. The van der Waals surface area contributed by atoms with Crippen molar-refractivity contribution in [3.63, 3.8) is 0 Å². The molecule has 1 amide bonds. The van der Waals surface area contributed by atoms with Crippen LogP contribution in [-0.4, -0.2) is 30.1 Å². The van der Waals surface area contributed by atoms with Gasteiger partial charge < -0.3 is 15.2 Å². The maximum atomic E-state index is 11.4. The molecule has 0 saturated heterocycles. The van der Waals surface area contributed by atoms with Crippen molar-refractivity contribution in [1.82, 2.24) is 5.32 Å². The topological polar surface area (TPSA) is 75.6 Å². The van der Waals surface area contributed by atoms with E-state index < -0.39 is 5.97 Å². The Balaban J connectivity index is 2.13. The number of aliphatic carboxylic acids is 1. The molecule has 0 fully saturated rings. The molecule has 0 aliphatic heterocycles. The molecular formula is C16H23NO4. The van der Waals surface area contributed by atoms with Gasteiger partial charge in [0, 0.05) is 13.0 Å². The number of benzene rings is 1. The molecule has 1 rings (SSSR count). The van der Waals surface area contributed by atoms with E-state index in [-0.39, 0.29) is 18.9 Å². The minimum Gasteiger partial charge on any atom is -0.493 e. The molecule has 116 valence electrons. The highest BCUT2D eigenvalue weighted by molar-refractivity contribution is 5.76. The van der Waals surface area contributed by atoms with Crippen molar-refractivity contribution in [2.75, 3.05) is 13.2 Å². The number of nitrogens with one attached hydrogen (secondary N) is 1. The van der Waals surface area contributed by atoms with Gasteiger partial charge in [-0.1, -0.05) is 12.1 Å². The molecule has 1 aromatic rings. The summed E-state index contributed by atoms with van der Waals surface area (Å²) in [4.78, 5) is 21.7. The fourth-order valence-electron chi connectivity index (χ4n) is 1.83. The Bertz CT molecular complexity index is 485. The van der Waals surface area contributed by atoms with Gasteiger partial charge in [0.1, 0.15) is 5.75 Å². The number of unbranched alkanes of at least 4 members (excludes halogenated alkanes) is 1. The lowest BCUT2D eigenvalue weighted by molar-refractivity contribution is -0.136. The number of carboxylic acids is 1. The summed E-state index contributed by atoms with van der Waals surface area (Å²) < 4.78 is 5.70. The van der Waals surface area contributed by atoms with E-state index in [2.05, 4.69) is 5.32 Å². The van der Waals surface area contributed by atoms with Crippen molar-refractivity contribution < 1.29 is 19.4 Å². The highest BCUT2D eigenvalue weighted by Gasteiger charge is 2.03. The van der Waals surface area contributed by atoms with E-state index in [9.17, 15) is 9.59 Å². The number of carbonyl (C=O) groups excluding carboxylic acids is 1. The second-order valence-electron chi connectivity index (χ2n) is 5.07. The van der Waals surface area contributed by atoms with E-state index in [0.29, 0.717) is 13.0 Å². The molecule has 0 aliphatic carbocycles. The first kappa shape index (κ1) is 17.0. The molecule has 0 aliphatic rings. The zero-order valence-corrected chi connectivity index (χ0v) is 12.6. The summed E-state index contributed by atoms with van der Waals surface area (Å²) in [5.41, 5.74) is 2.26. The monoisotopic (exact) mass is 293 g/mol. The summed E-state index contributed by atoms with van der Waals surface area (Å²) in [6.07, 6.45) is 1.88. The molecule has 2 N–H and O–H groups in total. The van der Waals surface area contributed by atoms with Crippen molar-refractivity contribution in [1.29, 1.82) is 0 Å². The van der Waals surface area contributed by atoms with Gasteiger partial charge in [-0.2, -0.15) is 0 Å². The third kappa shape index (κ3) is 7.34. The number of hydrogen-bond donors (Lipinski definition) is 2. The van der Waals surface area contributed by atoms with Crippen LogP contribution in [0, 0.1) is 13.8 Å². The molecule has 0 atom stereocenters. The second-order valence-corrected chi connectivity index (χ2v) is 5.07. The lowest BCUT2D eigenvalue weighted by Gasteiger charge is -2.09. The van der Waals surface area contributed by atoms with Gasteiger partial charge in [-0.25, -0.2) is 0 Å². The van der Waals surface area contributed by atoms with Crippen LogP contribution in [0.3, 0.4) is 0 Å². The van der Waals surface area contributed by atoms with Crippen LogP contribution in [0.5, 0.6) is 5.75 Å². The predicted molar refractivity (Wildman–Crippen MR) is 80.5 cm³/mol. The SMILES string of the molecule is Cc1ccc(C)c(OCCCCC(=O)NCCC(=O)O)c1. The van der Waals surface area contributed by atoms with Gasteiger partial charge in [-0.15, -0.1) is 0 Å². The van der Waals surface area contributed by atoms with Gasteiger partial charge in [0.2, 0.25) is 5.91 Å². The number of amides is 1. The number of rotatable bonds is 9. The quantitative estimate of drug-likeness (QED) is 0.686. The van der Waals surface area contributed by atoms with Crippen molar-refractivity contribution in [3.8, 4) is 5.75 Å². The molecule has 0 spiro atoms. The predicted octanol–water partition coefficient (Wildman–Crippen LogP) is 2.44. The van der Waals surface area contributed by atoms with E-state index in [1.165, 1.54) is 0 Å². The molecule has 0 radical (unpaired) electrons. The first-order chi connectivity index (χ1) is 9.99. The van der Waals surface area contributed by atoms with E-state index in [0.717, 1.165) is 29.7 Å². The normalized spacial score (nSPS) is 10.2. The van der Waals surface area contributed by atoms with E-state index >= 15 is 0 Å². The largest absolute Gasteiger partial charge is 0.493 e. The maximum Gasteiger partial charge on any atom is 0.305 e. The van der Waals surface area contributed by atoms with Crippen LogP contribution in [0.4, 0.5) is 0 Å². The van der Waals surface area contributed by atoms with Crippen LogP contribution in [0.1, 0.15) is 36.8 Å². The highest BCUT2D eigenvalue weighted by atomic mass is 16.5. The van der Waals surface area contributed by atoms with E-state index in [1.807, 2.05) is 32.0 Å². The molecule has 0 unspecified atom stereocenters. The van der Waals surface area contributed by atoms with Crippen LogP contribution >= 0.6 is 0 Å². The van der Waals surface area contributed by atoms with E-state index in [1.54, 1.807) is 0 Å². The zero-order chi connectivity index (χ0) is 15.7. The fourth-order valence-corrected chi connectivity index (χ4v) is 1.83. The van der Waals surface area contributed by atoms with Gasteiger partial charge in [-0.3, -0.25) is 9.59 Å². The minimum atomic E-state index is -0.905. The lowest BCUT2D eigenvalue weighted by atomic mass is 10.1. The first-order valence-electron chi connectivity index (χ1n) is 7.17. The number of hydrogen-bond acceptors (Lipinski definition) is 3. The zero-order valence-electron chi connectivity index (χ0n) is 12.6. The third-order valence-electron chi connectivity index (χ3n) is 3.06. The van der Waals surface area contributed by atoms with Gasteiger partial charge in [0.15, 0.2) is 0 Å². The lowest BCUT2D eigenvalue weighted by Crippen LogP contribution is -2.25. The molecule has 5 nitrogen and oxygen atoms in total. The minimum absolute atomic E-state index is 0.0402. The van der Waals surface area contributed by atoms with Crippen molar-refractivity contribution in [3.05, 3.63) is 29.3 Å². The highest BCUT2D eigenvalue weighted by Crippen LogP contribution is 2.19. The van der Waals surface area contributed by atoms with Crippen LogP contribution in [0.15, 0.2) is 18.2 Å². The third-order valence-corrected chi connectivity index (χ3v) is 3.06. The standard InChI is InChI=1S/C16H23NO4/c1-12-6-7-13(2)14(11-12)21-10-4-3-5-15(18)17-9-8-16(19)20/h6-7,11H,3-5,8-10H2,1-2H3,(H,17,18)(H,19,20). The maximum absolute atomic E-state index is 11.4. The molecule has 0 heterocycles. The summed E-state index contributed by atoms with van der Waals surface area (Å²) in [5, 5.41) is 11.0. The second kappa shape index (κ2) is 9.00. The number of carbonyl (C=O) groups is 2. The molecule has 0 bridgehead atoms. The molecule has 0 saturated carbocycles. The Morgan fingerprint density at radius 1 is 1.19 bits per heavy atom. The van der Waals surface area contributed by atoms with Crippen LogP contribution < -0.4 is 10.1 Å². The smallest absolute Gasteiger partial charge is 0.305 e. The fraction of sp³-hybridized carbons (Fsp3) is 0.500. The molecule has 1 aromatic carbocycles. The Kier molecular flexibility index (Phi) is 7.29. The van der Waals surface area contributed by atoms with Crippen molar-refractivity contribution in [2.45, 2.75) is 39.5 Å². The Hall–Kier alpha value is -2.04. The van der Waals surface area contributed by atoms with Gasteiger partial charge in [0.05, 0.1) is 13.0 Å². The molecular weight excluding hydrogens is 270 g/mol. The van der Waals surface area contributed by atoms with Gasteiger partial charge in [0.25, 0.3) is 0 Å². The van der Waals surface area contributed by atoms with Crippen molar-refractivity contribution in [2.24, 2.45) is 0 Å². The molecule has 21 heavy (non-hydrogen) atoms. The summed E-state index contributed by atoms with van der Waals surface area (Å²) >= 11 is 0. The average Bonchev–Trinajstić information content (AvgIpc) is 2.41. The number of aryl methyl sites for hydroxylation is 2. The summed E-state index contributed by atoms with van der Waals surface area (Å²) in [6, 6.07) is 6.08. The number of carboxylic acid groups (broad SMARTS) is 1. The Labute approximate surface area is 125 Å². The van der Waals surface area contributed by atoms with Crippen LogP contribution in [0.25, 0.3) is 0 Å². The van der Waals surface area contributed by atoms with Crippen LogP contribution in [0.2, 0.25) is 0 Å². The molecule has 5 heteroatoms. The summed E-state index contributed by atoms with van der Waals surface area (Å²) in [7, 11) is 0. The number of ether oxygens (including phenoxy) is 1. The summed E-state index contributed by atoms with van der Waals surface area (Å²) in [6.45, 7) is 4.79. The average molecular weight is 293 g/mol. The van der Waals surface area contributed by atoms with Crippen LogP contribution in [-0.2, 0) is 9.59 Å². The molecule has 0 aromatic heterocycles. The Morgan fingerprint density at radius 3 is 2.67 bits per heavy atom.